The molecule has 0 N–H and O–H groups in total. The number of benzene rings is 2. The van der Waals surface area contributed by atoms with Gasteiger partial charge in [0.1, 0.15) is 0 Å². The summed E-state index contributed by atoms with van der Waals surface area (Å²) in [7, 11) is 4.30. The van der Waals surface area contributed by atoms with Gasteiger partial charge < -0.3 is 4.90 Å². The van der Waals surface area contributed by atoms with Crippen molar-refractivity contribution in [3.05, 3.63) is 77.2 Å². The van der Waals surface area contributed by atoms with Gasteiger partial charge in [-0.25, -0.2) is 0 Å². The van der Waals surface area contributed by atoms with Crippen molar-refractivity contribution in [2.24, 2.45) is 5.92 Å². The smallest absolute Gasteiger partial charge is 0.0124 e. The predicted molar refractivity (Wildman–Crippen MR) is 105 cm³/mol. The number of nitrogens with zero attached hydrogens (tertiary/aromatic N) is 1. The molecule has 24 heavy (non-hydrogen) atoms. The molecule has 0 amide bonds. The largest absolute Gasteiger partial charge is 0.309 e. The van der Waals surface area contributed by atoms with E-state index in [0.29, 0.717) is 5.92 Å². The monoisotopic (exact) mass is 322 g/mol. The van der Waals surface area contributed by atoms with Crippen LogP contribution in [0.25, 0.3) is 0 Å². The first-order valence-corrected chi connectivity index (χ1v) is 9.24. The van der Waals surface area contributed by atoms with Crippen LogP contribution in [0.2, 0.25) is 0 Å². The van der Waals surface area contributed by atoms with Gasteiger partial charge in [-0.2, -0.15) is 0 Å². The lowest BCUT2D eigenvalue weighted by atomic mass is 9.79. The molecule has 2 aromatic rings. The zero-order valence-electron chi connectivity index (χ0n) is 15.8. The Morgan fingerprint density at radius 2 is 1.62 bits per heavy atom. The Bertz CT molecular complexity index is 588. The topological polar surface area (TPSA) is 3.24 Å². The van der Waals surface area contributed by atoms with E-state index in [1.165, 1.54) is 29.5 Å². The molecule has 1 atom stereocenters. The van der Waals surface area contributed by atoms with Crippen LogP contribution in [-0.4, -0.2) is 25.5 Å². The average Bonchev–Trinajstić information content (AvgIpc) is 2.60. The maximum atomic E-state index is 2.37. The minimum atomic E-state index is 0.611. The molecule has 0 aliphatic carbocycles. The van der Waals surface area contributed by atoms with Gasteiger partial charge in [0, 0.05) is 5.92 Å². The van der Waals surface area contributed by atoms with E-state index in [4.69, 9.17) is 0 Å². The highest BCUT2D eigenvalue weighted by molar-refractivity contribution is 5.42. The van der Waals surface area contributed by atoms with Crippen LogP contribution in [-0.2, 0) is 12.8 Å². The Morgan fingerprint density at radius 3 is 2.29 bits per heavy atom. The minimum Gasteiger partial charge on any atom is -0.309 e. The van der Waals surface area contributed by atoms with E-state index in [2.05, 4.69) is 87.4 Å². The Balaban J connectivity index is 2.22. The van der Waals surface area contributed by atoms with Crippen LogP contribution in [0.5, 0.6) is 0 Å². The first-order valence-electron chi connectivity index (χ1n) is 9.24. The van der Waals surface area contributed by atoms with Gasteiger partial charge in [0.25, 0.3) is 0 Å². The van der Waals surface area contributed by atoms with Gasteiger partial charge in [-0.05, 0) is 62.5 Å². The highest BCUT2D eigenvalue weighted by Crippen LogP contribution is 2.32. The van der Waals surface area contributed by atoms with Gasteiger partial charge in [-0.3, -0.25) is 0 Å². The molecule has 0 saturated carbocycles. The summed E-state index contributed by atoms with van der Waals surface area (Å²) in [6, 6.07) is 19.9. The van der Waals surface area contributed by atoms with Crippen molar-refractivity contribution in [1.82, 2.24) is 4.90 Å². The van der Waals surface area contributed by atoms with Crippen molar-refractivity contribution in [3.8, 4) is 0 Å². The molecular weight excluding hydrogens is 290 g/mol. The third-order valence-electron chi connectivity index (χ3n) is 4.86. The fourth-order valence-corrected chi connectivity index (χ4v) is 3.23. The standard InChI is InChI=1S/C23H32N/c1-5-19(2)23(18-20-12-7-6-8-13-20)22-16-10-9-14-21(22)15-11-17-24(3)4/h6-10,12-14,16,19H,5,11,15,17-18H2,1-4H3. The lowest BCUT2D eigenvalue weighted by Gasteiger charge is -2.26. The summed E-state index contributed by atoms with van der Waals surface area (Å²) in [6.45, 7) is 5.81. The van der Waals surface area contributed by atoms with Crippen LogP contribution in [0.3, 0.4) is 0 Å². The van der Waals surface area contributed by atoms with Crippen LogP contribution in [0.15, 0.2) is 54.6 Å². The summed E-state index contributed by atoms with van der Waals surface area (Å²) in [5.41, 5.74) is 4.40. The Hall–Kier alpha value is -1.60. The zero-order valence-corrected chi connectivity index (χ0v) is 15.8. The summed E-state index contributed by atoms with van der Waals surface area (Å²) in [4.78, 5) is 2.27. The summed E-state index contributed by atoms with van der Waals surface area (Å²) in [6.07, 6.45) is 4.61. The molecule has 0 fully saturated rings. The molecule has 0 bridgehead atoms. The van der Waals surface area contributed by atoms with Gasteiger partial charge in [-0.15, -0.1) is 0 Å². The van der Waals surface area contributed by atoms with Crippen LogP contribution >= 0.6 is 0 Å². The Morgan fingerprint density at radius 1 is 0.958 bits per heavy atom. The van der Waals surface area contributed by atoms with E-state index in [1.54, 1.807) is 5.92 Å². The normalized spacial score (nSPS) is 12.8. The molecule has 1 nitrogen and oxygen atoms in total. The molecule has 0 saturated heterocycles. The number of hydrogen-bond acceptors (Lipinski definition) is 1. The van der Waals surface area contributed by atoms with E-state index < -0.39 is 0 Å². The van der Waals surface area contributed by atoms with Gasteiger partial charge in [-0.1, -0.05) is 74.9 Å². The Labute approximate surface area is 148 Å². The van der Waals surface area contributed by atoms with E-state index in [1.807, 2.05) is 0 Å². The van der Waals surface area contributed by atoms with Crippen molar-refractivity contribution in [2.45, 2.75) is 39.5 Å². The highest BCUT2D eigenvalue weighted by Gasteiger charge is 2.21. The van der Waals surface area contributed by atoms with Crippen LogP contribution in [0.1, 0.15) is 43.4 Å². The fourth-order valence-electron chi connectivity index (χ4n) is 3.23. The molecule has 0 aromatic heterocycles. The van der Waals surface area contributed by atoms with Gasteiger partial charge in [0.15, 0.2) is 0 Å². The van der Waals surface area contributed by atoms with E-state index in [9.17, 15) is 0 Å². The maximum Gasteiger partial charge on any atom is 0.0124 e. The lowest BCUT2D eigenvalue weighted by Crippen LogP contribution is -2.17. The van der Waals surface area contributed by atoms with Crippen molar-refractivity contribution < 1.29 is 0 Å². The van der Waals surface area contributed by atoms with Crippen molar-refractivity contribution in [1.29, 1.82) is 0 Å². The molecule has 129 valence electrons. The summed E-state index contributed by atoms with van der Waals surface area (Å²) >= 11 is 0. The fraction of sp³-hybridized carbons (Fsp3) is 0.435. The molecule has 2 rings (SSSR count). The second-order valence-electron chi connectivity index (χ2n) is 7.06. The van der Waals surface area contributed by atoms with Crippen LogP contribution in [0.4, 0.5) is 0 Å². The quantitative estimate of drug-likeness (QED) is 0.598. The summed E-state index contributed by atoms with van der Waals surface area (Å²) in [5, 5.41) is 0. The zero-order chi connectivity index (χ0) is 17.4. The highest BCUT2D eigenvalue weighted by atomic mass is 15.0. The summed E-state index contributed by atoms with van der Waals surface area (Å²) in [5.74, 6) is 2.20. The molecule has 0 heterocycles. The Kier molecular flexibility index (Phi) is 7.52. The molecule has 0 aliphatic rings. The second kappa shape index (κ2) is 9.64. The van der Waals surface area contributed by atoms with Crippen molar-refractivity contribution in [2.75, 3.05) is 20.6 Å². The lowest BCUT2D eigenvalue weighted by molar-refractivity contribution is 0.400. The molecule has 0 aliphatic heterocycles. The van der Waals surface area contributed by atoms with E-state index in [0.717, 1.165) is 19.4 Å². The maximum absolute atomic E-state index is 2.37. The average molecular weight is 323 g/mol. The predicted octanol–water partition coefficient (Wildman–Crippen LogP) is 5.39. The molecule has 2 aromatic carbocycles. The molecule has 1 unspecified atom stereocenters. The van der Waals surface area contributed by atoms with Crippen LogP contribution in [0, 0.1) is 11.8 Å². The number of hydrogen-bond donors (Lipinski definition) is 0. The second-order valence-corrected chi connectivity index (χ2v) is 7.06. The van der Waals surface area contributed by atoms with Gasteiger partial charge >= 0.3 is 0 Å². The summed E-state index contributed by atoms with van der Waals surface area (Å²) < 4.78 is 0. The van der Waals surface area contributed by atoms with Crippen molar-refractivity contribution >= 4 is 0 Å². The molecule has 1 radical (unpaired) electrons. The third kappa shape index (κ3) is 5.49. The van der Waals surface area contributed by atoms with Gasteiger partial charge in [0.2, 0.25) is 0 Å². The molecular formula is C23H32N. The first-order chi connectivity index (χ1) is 11.6. The molecule has 0 spiro atoms. The van der Waals surface area contributed by atoms with Crippen molar-refractivity contribution in [3.63, 3.8) is 0 Å². The van der Waals surface area contributed by atoms with Crippen LogP contribution < -0.4 is 0 Å². The van der Waals surface area contributed by atoms with E-state index in [-0.39, 0.29) is 0 Å². The SMILES string of the molecule is CCC(C)[C](Cc1ccccc1)c1ccccc1CCCN(C)C. The van der Waals surface area contributed by atoms with E-state index >= 15 is 0 Å². The third-order valence-corrected chi connectivity index (χ3v) is 4.86. The number of aryl methyl sites for hydroxylation is 1. The first kappa shape index (κ1) is 18.7. The molecule has 1 heteroatoms. The minimum absolute atomic E-state index is 0.611. The van der Waals surface area contributed by atoms with Gasteiger partial charge in [0.05, 0.1) is 0 Å². The number of rotatable bonds is 9.